The standard InChI is InChI=1S/C19H31NO3/c1-15(2)13-22-18-8-10-20(11-9-18)12-17(21)14-23-19-7-5-4-6-16(19)3/h4-7,15,17-18,21H,8-14H2,1-3H3. The number of piperidine rings is 1. The number of aryl methyl sites for hydroxylation is 1. The highest BCUT2D eigenvalue weighted by Gasteiger charge is 2.21. The minimum Gasteiger partial charge on any atom is -0.491 e. The average Bonchev–Trinajstić information content (AvgIpc) is 2.53. The van der Waals surface area contributed by atoms with Crippen LogP contribution in [0.15, 0.2) is 24.3 Å². The molecule has 0 spiro atoms. The Morgan fingerprint density at radius 2 is 1.87 bits per heavy atom. The van der Waals surface area contributed by atoms with Gasteiger partial charge in [-0.15, -0.1) is 0 Å². The molecule has 4 nitrogen and oxygen atoms in total. The molecule has 1 aromatic rings. The third-order valence-corrected chi connectivity index (χ3v) is 4.19. The molecular formula is C19H31NO3. The van der Waals surface area contributed by atoms with Gasteiger partial charge in [-0.25, -0.2) is 0 Å². The molecule has 1 aromatic carbocycles. The Kier molecular flexibility index (Phi) is 7.34. The van der Waals surface area contributed by atoms with Crippen LogP contribution in [0.4, 0.5) is 0 Å². The van der Waals surface area contributed by atoms with E-state index in [1.807, 2.05) is 31.2 Å². The van der Waals surface area contributed by atoms with E-state index in [1.165, 1.54) is 0 Å². The first-order chi connectivity index (χ1) is 11.0. The maximum absolute atomic E-state index is 10.2. The van der Waals surface area contributed by atoms with Gasteiger partial charge >= 0.3 is 0 Å². The minimum absolute atomic E-state index is 0.342. The van der Waals surface area contributed by atoms with Gasteiger partial charge in [0.25, 0.3) is 0 Å². The first-order valence-electron chi connectivity index (χ1n) is 8.75. The lowest BCUT2D eigenvalue weighted by atomic mass is 10.1. The van der Waals surface area contributed by atoms with E-state index in [-0.39, 0.29) is 0 Å². The third-order valence-electron chi connectivity index (χ3n) is 4.19. The lowest BCUT2D eigenvalue weighted by molar-refractivity contribution is -0.0157. The van der Waals surface area contributed by atoms with E-state index < -0.39 is 6.10 Å². The van der Waals surface area contributed by atoms with Gasteiger partial charge in [0.2, 0.25) is 0 Å². The number of benzene rings is 1. The van der Waals surface area contributed by atoms with Crippen LogP contribution in [0, 0.1) is 12.8 Å². The van der Waals surface area contributed by atoms with Crippen LogP contribution in [-0.4, -0.2) is 55.1 Å². The molecule has 1 unspecified atom stereocenters. The summed E-state index contributed by atoms with van der Waals surface area (Å²) in [7, 11) is 0. The molecular weight excluding hydrogens is 290 g/mol. The van der Waals surface area contributed by atoms with E-state index in [9.17, 15) is 5.11 Å². The monoisotopic (exact) mass is 321 g/mol. The predicted octanol–water partition coefficient (Wildman–Crippen LogP) is 2.87. The van der Waals surface area contributed by atoms with Crippen LogP contribution < -0.4 is 4.74 Å². The zero-order chi connectivity index (χ0) is 16.7. The second-order valence-corrected chi connectivity index (χ2v) is 6.96. The number of likely N-dealkylation sites (tertiary alicyclic amines) is 1. The molecule has 1 aliphatic rings. The van der Waals surface area contributed by atoms with Crippen LogP contribution in [0.25, 0.3) is 0 Å². The van der Waals surface area contributed by atoms with E-state index in [0.717, 1.165) is 43.9 Å². The fourth-order valence-electron chi connectivity index (χ4n) is 2.84. The second-order valence-electron chi connectivity index (χ2n) is 6.96. The van der Waals surface area contributed by atoms with E-state index in [0.29, 0.717) is 25.2 Å². The highest BCUT2D eigenvalue weighted by Crippen LogP contribution is 2.17. The van der Waals surface area contributed by atoms with Crippen LogP contribution >= 0.6 is 0 Å². The summed E-state index contributed by atoms with van der Waals surface area (Å²) in [5.74, 6) is 1.45. The van der Waals surface area contributed by atoms with Crippen molar-refractivity contribution in [3.63, 3.8) is 0 Å². The number of para-hydroxylation sites is 1. The summed E-state index contributed by atoms with van der Waals surface area (Å²) < 4.78 is 11.6. The van der Waals surface area contributed by atoms with Crippen LogP contribution in [0.5, 0.6) is 5.75 Å². The zero-order valence-corrected chi connectivity index (χ0v) is 14.7. The summed E-state index contributed by atoms with van der Waals surface area (Å²) >= 11 is 0. The highest BCUT2D eigenvalue weighted by atomic mass is 16.5. The summed E-state index contributed by atoms with van der Waals surface area (Å²) in [6.07, 6.45) is 2.03. The van der Waals surface area contributed by atoms with Crippen molar-refractivity contribution < 1.29 is 14.6 Å². The van der Waals surface area contributed by atoms with Gasteiger partial charge in [-0.05, 0) is 37.3 Å². The lowest BCUT2D eigenvalue weighted by Crippen LogP contribution is -2.42. The maximum atomic E-state index is 10.2. The molecule has 0 saturated carbocycles. The van der Waals surface area contributed by atoms with Crippen molar-refractivity contribution >= 4 is 0 Å². The van der Waals surface area contributed by atoms with Gasteiger partial charge in [0.15, 0.2) is 0 Å². The van der Waals surface area contributed by atoms with Crippen molar-refractivity contribution in [3.05, 3.63) is 29.8 Å². The molecule has 1 saturated heterocycles. The van der Waals surface area contributed by atoms with Gasteiger partial charge in [-0.1, -0.05) is 32.0 Å². The smallest absolute Gasteiger partial charge is 0.122 e. The lowest BCUT2D eigenvalue weighted by Gasteiger charge is -2.33. The zero-order valence-electron chi connectivity index (χ0n) is 14.7. The molecule has 130 valence electrons. The van der Waals surface area contributed by atoms with Crippen LogP contribution in [0.3, 0.4) is 0 Å². The van der Waals surface area contributed by atoms with E-state index in [4.69, 9.17) is 9.47 Å². The highest BCUT2D eigenvalue weighted by molar-refractivity contribution is 5.31. The molecule has 1 N–H and O–H groups in total. The summed E-state index contributed by atoms with van der Waals surface area (Å²) in [5, 5.41) is 10.2. The minimum atomic E-state index is -0.456. The van der Waals surface area contributed by atoms with Gasteiger partial charge in [0.05, 0.1) is 6.10 Å². The summed E-state index contributed by atoms with van der Waals surface area (Å²) in [6, 6.07) is 7.91. The molecule has 1 aliphatic heterocycles. The number of aliphatic hydroxyl groups is 1. The maximum Gasteiger partial charge on any atom is 0.122 e. The third kappa shape index (κ3) is 6.50. The normalized spacial score (nSPS) is 18.3. The molecule has 0 amide bonds. The van der Waals surface area contributed by atoms with Crippen LogP contribution in [0.2, 0.25) is 0 Å². The Morgan fingerprint density at radius 1 is 1.17 bits per heavy atom. The van der Waals surface area contributed by atoms with E-state index in [2.05, 4.69) is 18.7 Å². The molecule has 0 radical (unpaired) electrons. The van der Waals surface area contributed by atoms with Gasteiger partial charge in [0, 0.05) is 26.2 Å². The molecule has 0 aliphatic carbocycles. The first-order valence-corrected chi connectivity index (χ1v) is 8.75. The molecule has 4 heteroatoms. The molecule has 1 atom stereocenters. The number of β-amino-alcohol motifs (C(OH)–C–C–N with tert-alkyl or cyclic N) is 1. The SMILES string of the molecule is Cc1ccccc1OCC(O)CN1CCC(OCC(C)C)CC1. The van der Waals surface area contributed by atoms with Crippen LogP contribution in [0.1, 0.15) is 32.3 Å². The Bertz CT molecular complexity index is 456. The predicted molar refractivity (Wildman–Crippen MR) is 92.9 cm³/mol. The quantitative estimate of drug-likeness (QED) is 0.799. The largest absolute Gasteiger partial charge is 0.491 e. The number of rotatable bonds is 8. The van der Waals surface area contributed by atoms with Gasteiger partial charge in [0.1, 0.15) is 18.5 Å². The van der Waals surface area contributed by atoms with Crippen molar-refractivity contribution in [2.24, 2.45) is 5.92 Å². The Labute approximate surface area is 140 Å². The summed E-state index contributed by atoms with van der Waals surface area (Å²) in [5.41, 5.74) is 1.10. The first kappa shape index (κ1) is 18.2. The number of aliphatic hydroxyl groups excluding tert-OH is 1. The number of ether oxygens (including phenoxy) is 2. The number of hydrogen-bond donors (Lipinski definition) is 1. The fourth-order valence-corrected chi connectivity index (χ4v) is 2.84. The summed E-state index contributed by atoms with van der Waals surface area (Å²) in [6.45, 7) is 10.2. The van der Waals surface area contributed by atoms with Crippen molar-refractivity contribution in [1.29, 1.82) is 0 Å². The average molecular weight is 321 g/mol. The molecule has 2 rings (SSSR count). The molecule has 1 fully saturated rings. The van der Waals surface area contributed by atoms with Crippen molar-refractivity contribution in [2.75, 3.05) is 32.8 Å². The fraction of sp³-hybridized carbons (Fsp3) is 0.684. The second kappa shape index (κ2) is 9.26. The van der Waals surface area contributed by atoms with Gasteiger partial charge in [-0.2, -0.15) is 0 Å². The Balaban J connectivity index is 1.65. The Morgan fingerprint density at radius 3 is 2.52 bits per heavy atom. The Hall–Kier alpha value is -1.10. The number of nitrogens with zero attached hydrogens (tertiary/aromatic N) is 1. The van der Waals surface area contributed by atoms with Crippen molar-refractivity contribution in [1.82, 2.24) is 4.90 Å². The van der Waals surface area contributed by atoms with E-state index >= 15 is 0 Å². The van der Waals surface area contributed by atoms with Crippen molar-refractivity contribution in [3.8, 4) is 5.75 Å². The van der Waals surface area contributed by atoms with Gasteiger partial charge in [-0.3, -0.25) is 0 Å². The molecule has 1 heterocycles. The van der Waals surface area contributed by atoms with E-state index in [1.54, 1.807) is 0 Å². The topological polar surface area (TPSA) is 41.9 Å². The van der Waals surface area contributed by atoms with Crippen LogP contribution in [-0.2, 0) is 4.74 Å². The molecule has 0 bridgehead atoms. The number of hydrogen-bond acceptors (Lipinski definition) is 4. The molecule has 0 aromatic heterocycles. The molecule has 23 heavy (non-hydrogen) atoms. The van der Waals surface area contributed by atoms with Crippen molar-refractivity contribution in [2.45, 2.75) is 45.8 Å². The summed E-state index contributed by atoms with van der Waals surface area (Å²) in [4.78, 5) is 2.31. The van der Waals surface area contributed by atoms with Gasteiger partial charge < -0.3 is 19.5 Å².